The van der Waals surface area contributed by atoms with Crippen molar-refractivity contribution in [2.75, 3.05) is 0 Å². The van der Waals surface area contributed by atoms with Crippen molar-refractivity contribution in [1.82, 2.24) is 5.32 Å². The molecule has 3 rings (SSSR count). The second kappa shape index (κ2) is 11.6. The number of aliphatic carboxylic acids is 1. The molecule has 0 bridgehead atoms. The van der Waals surface area contributed by atoms with E-state index in [1.807, 2.05) is 91.0 Å². The molecule has 0 aliphatic heterocycles. The molecule has 3 aromatic rings. The molecule has 33 heavy (non-hydrogen) atoms. The summed E-state index contributed by atoms with van der Waals surface area (Å²) in [5.74, 6) is -1.40. The number of hydrogen-bond donors (Lipinski definition) is 2. The second-order valence-electron chi connectivity index (χ2n) is 8.04. The van der Waals surface area contributed by atoms with Crippen LogP contribution in [0.15, 0.2) is 91.0 Å². The number of nitrogens with one attached hydrogen (secondary N) is 1. The number of rotatable bonds is 11. The molecule has 0 heterocycles. The average Bonchev–Trinajstić information content (AvgIpc) is 2.86. The topological polar surface area (TPSA) is 90.2 Å². The van der Waals surface area contributed by atoms with E-state index in [-0.39, 0.29) is 18.7 Å². The lowest BCUT2D eigenvalue weighted by Gasteiger charge is -2.36. The predicted molar refractivity (Wildman–Crippen MR) is 127 cm³/mol. The average molecular weight is 441 g/mol. The number of carbonyl (C=O) groups excluding carboxylic acids is 1. The van der Waals surface area contributed by atoms with Crippen LogP contribution in [0.3, 0.4) is 0 Å². The van der Waals surface area contributed by atoms with Crippen molar-refractivity contribution in [3.63, 3.8) is 0 Å². The molecule has 0 aliphatic carbocycles. The summed E-state index contributed by atoms with van der Waals surface area (Å²) in [6.07, 6.45) is 1.90. The number of carboxylic acids is 1. The Labute approximate surface area is 194 Å². The summed E-state index contributed by atoms with van der Waals surface area (Å²) in [5, 5.41) is 21.1. The van der Waals surface area contributed by atoms with Crippen LogP contribution >= 0.6 is 0 Å². The molecule has 3 aromatic carbocycles. The fraction of sp³-hybridized carbons (Fsp3) is 0.250. The molecular formula is C28H28N2O3. The Morgan fingerprint density at radius 2 is 1.27 bits per heavy atom. The Balaban J connectivity index is 1.99. The largest absolute Gasteiger partial charge is 0.480 e. The van der Waals surface area contributed by atoms with Crippen LogP contribution < -0.4 is 5.32 Å². The van der Waals surface area contributed by atoms with Crippen LogP contribution in [0, 0.1) is 11.3 Å². The Bertz CT molecular complexity index is 980. The summed E-state index contributed by atoms with van der Waals surface area (Å²) >= 11 is 0. The second-order valence-corrected chi connectivity index (χ2v) is 8.04. The summed E-state index contributed by atoms with van der Waals surface area (Å²) < 4.78 is 0. The number of nitriles is 1. The molecule has 5 heteroatoms. The molecule has 1 amide bonds. The van der Waals surface area contributed by atoms with Gasteiger partial charge in [-0.05, 0) is 36.0 Å². The van der Waals surface area contributed by atoms with Gasteiger partial charge in [0, 0.05) is 12.8 Å². The monoisotopic (exact) mass is 440 g/mol. The highest BCUT2D eigenvalue weighted by atomic mass is 16.4. The van der Waals surface area contributed by atoms with Gasteiger partial charge in [-0.1, -0.05) is 91.0 Å². The molecule has 0 aliphatic rings. The first-order chi connectivity index (χ1) is 16.1. The SMILES string of the molecule is N#CCCCC[C@@H](NC(=O)CC(c1ccccc1)(c1ccccc1)c1ccccc1)C(=O)O. The van der Waals surface area contributed by atoms with Gasteiger partial charge in [-0.25, -0.2) is 4.79 Å². The van der Waals surface area contributed by atoms with Crippen molar-refractivity contribution in [3.05, 3.63) is 108 Å². The van der Waals surface area contributed by atoms with Crippen molar-refractivity contribution >= 4 is 11.9 Å². The molecule has 1 atom stereocenters. The van der Waals surface area contributed by atoms with Crippen LogP contribution in [0.1, 0.15) is 48.8 Å². The Morgan fingerprint density at radius 3 is 1.67 bits per heavy atom. The Kier molecular flexibility index (Phi) is 8.37. The molecule has 0 unspecified atom stereocenters. The summed E-state index contributed by atoms with van der Waals surface area (Å²) in [5.41, 5.74) is 2.09. The van der Waals surface area contributed by atoms with Gasteiger partial charge < -0.3 is 10.4 Å². The van der Waals surface area contributed by atoms with Gasteiger partial charge in [-0.3, -0.25) is 4.79 Å². The summed E-state index contributed by atoms with van der Waals surface area (Å²) in [6, 6.07) is 30.6. The van der Waals surface area contributed by atoms with Gasteiger partial charge in [0.25, 0.3) is 0 Å². The Morgan fingerprint density at radius 1 is 0.818 bits per heavy atom. The normalized spacial score (nSPS) is 11.8. The maximum Gasteiger partial charge on any atom is 0.326 e. The molecule has 0 spiro atoms. The van der Waals surface area contributed by atoms with E-state index in [0.717, 1.165) is 16.7 Å². The first kappa shape index (κ1) is 23.7. The minimum absolute atomic E-state index is 0.0625. The number of benzene rings is 3. The fourth-order valence-corrected chi connectivity index (χ4v) is 4.27. The molecule has 0 aromatic heterocycles. The smallest absolute Gasteiger partial charge is 0.326 e. The molecular weight excluding hydrogens is 412 g/mol. The third-order valence-corrected chi connectivity index (χ3v) is 5.89. The number of unbranched alkanes of at least 4 members (excludes halogenated alkanes) is 2. The third kappa shape index (κ3) is 5.87. The number of carboxylic acid groups (broad SMARTS) is 1. The first-order valence-electron chi connectivity index (χ1n) is 11.1. The molecule has 0 saturated heterocycles. The molecule has 0 saturated carbocycles. The third-order valence-electron chi connectivity index (χ3n) is 5.89. The minimum atomic E-state index is -1.06. The minimum Gasteiger partial charge on any atom is -0.480 e. The van der Waals surface area contributed by atoms with Crippen LogP contribution in [0.4, 0.5) is 0 Å². The Hall–Kier alpha value is -3.91. The van der Waals surface area contributed by atoms with E-state index < -0.39 is 17.4 Å². The lowest BCUT2D eigenvalue weighted by Crippen LogP contribution is -2.44. The van der Waals surface area contributed by atoms with Crippen molar-refractivity contribution in [2.45, 2.75) is 43.6 Å². The zero-order valence-electron chi connectivity index (χ0n) is 18.5. The van der Waals surface area contributed by atoms with E-state index in [4.69, 9.17) is 5.26 Å². The van der Waals surface area contributed by atoms with E-state index in [0.29, 0.717) is 19.3 Å². The fourth-order valence-electron chi connectivity index (χ4n) is 4.27. The lowest BCUT2D eigenvalue weighted by atomic mass is 9.67. The molecule has 168 valence electrons. The molecule has 5 nitrogen and oxygen atoms in total. The van der Waals surface area contributed by atoms with Crippen molar-refractivity contribution in [2.24, 2.45) is 0 Å². The van der Waals surface area contributed by atoms with Gasteiger partial charge in [-0.15, -0.1) is 0 Å². The van der Waals surface area contributed by atoms with Gasteiger partial charge in [-0.2, -0.15) is 5.26 Å². The van der Waals surface area contributed by atoms with Crippen LogP contribution in [0.25, 0.3) is 0 Å². The van der Waals surface area contributed by atoms with Crippen LogP contribution in [0.2, 0.25) is 0 Å². The lowest BCUT2D eigenvalue weighted by molar-refractivity contribution is -0.142. The quantitative estimate of drug-likeness (QED) is 0.322. The van der Waals surface area contributed by atoms with E-state index >= 15 is 0 Å². The highest BCUT2D eigenvalue weighted by molar-refractivity contribution is 5.85. The number of hydrogen-bond acceptors (Lipinski definition) is 3. The molecule has 2 N–H and O–H groups in total. The van der Waals surface area contributed by atoms with Gasteiger partial charge in [0.05, 0.1) is 11.5 Å². The van der Waals surface area contributed by atoms with E-state index in [1.54, 1.807) is 0 Å². The molecule has 0 radical (unpaired) electrons. The maximum absolute atomic E-state index is 13.4. The van der Waals surface area contributed by atoms with Crippen molar-refractivity contribution in [3.8, 4) is 6.07 Å². The highest BCUT2D eigenvalue weighted by Crippen LogP contribution is 2.42. The summed E-state index contributed by atoms with van der Waals surface area (Å²) in [4.78, 5) is 25.2. The number of carbonyl (C=O) groups is 2. The van der Waals surface area contributed by atoms with Gasteiger partial charge in [0.2, 0.25) is 5.91 Å². The van der Waals surface area contributed by atoms with Crippen LogP contribution in [-0.4, -0.2) is 23.0 Å². The van der Waals surface area contributed by atoms with Crippen LogP contribution in [-0.2, 0) is 15.0 Å². The summed E-state index contributed by atoms with van der Waals surface area (Å²) in [6.45, 7) is 0. The zero-order chi connectivity index (χ0) is 23.5. The first-order valence-corrected chi connectivity index (χ1v) is 11.1. The molecule has 0 fully saturated rings. The number of nitrogens with zero attached hydrogens (tertiary/aromatic N) is 1. The van der Waals surface area contributed by atoms with Gasteiger partial charge >= 0.3 is 5.97 Å². The van der Waals surface area contributed by atoms with Gasteiger partial charge in [0.1, 0.15) is 6.04 Å². The predicted octanol–water partition coefficient (Wildman–Crippen LogP) is 5.06. The van der Waals surface area contributed by atoms with E-state index in [1.165, 1.54) is 0 Å². The zero-order valence-corrected chi connectivity index (χ0v) is 18.5. The van der Waals surface area contributed by atoms with Crippen molar-refractivity contribution < 1.29 is 14.7 Å². The highest BCUT2D eigenvalue weighted by Gasteiger charge is 2.39. The maximum atomic E-state index is 13.4. The van der Waals surface area contributed by atoms with Crippen molar-refractivity contribution in [1.29, 1.82) is 5.26 Å². The van der Waals surface area contributed by atoms with E-state index in [9.17, 15) is 14.7 Å². The number of amides is 1. The summed E-state index contributed by atoms with van der Waals surface area (Å²) in [7, 11) is 0. The van der Waals surface area contributed by atoms with E-state index in [2.05, 4.69) is 11.4 Å². The standard InChI is InChI=1S/C28H28N2O3/c29-20-12-4-11-19-25(27(32)33)30-26(31)21-28(22-13-5-1-6-14-22,23-15-7-2-8-16-23)24-17-9-3-10-18-24/h1-3,5-10,13-18,25H,4,11-12,19,21H2,(H,30,31)(H,32,33)/t25-/m1/s1. The van der Waals surface area contributed by atoms with Gasteiger partial charge in [0.15, 0.2) is 0 Å². The van der Waals surface area contributed by atoms with Crippen LogP contribution in [0.5, 0.6) is 0 Å².